The van der Waals surface area contributed by atoms with E-state index in [9.17, 15) is 4.79 Å². The van der Waals surface area contributed by atoms with Crippen LogP contribution >= 0.6 is 23.5 Å². The normalized spacial score (nSPS) is 14.6. The first kappa shape index (κ1) is 19.8. The van der Waals surface area contributed by atoms with Gasteiger partial charge in [0.2, 0.25) is 0 Å². The largest absolute Gasteiger partial charge is 0.484 e. The number of amides is 1. The van der Waals surface area contributed by atoms with Gasteiger partial charge in [-0.2, -0.15) is 5.10 Å². The van der Waals surface area contributed by atoms with Crippen molar-refractivity contribution in [1.29, 1.82) is 0 Å². The van der Waals surface area contributed by atoms with Gasteiger partial charge in [-0.15, -0.1) is 23.5 Å². The van der Waals surface area contributed by atoms with E-state index in [0.29, 0.717) is 10.3 Å². The number of ether oxygens (including phenoxy) is 1. The summed E-state index contributed by atoms with van der Waals surface area (Å²) < 4.78 is 6.07. The first-order valence-corrected chi connectivity index (χ1v) is 11.0. The topological polar surface area (TPSA) is 50.7 Å². The molecule has 0 saturated carbocycles. The van der Waals surface area contributed by atoms with Crippen LogP contribution in [0.25, 0.3) is 0 Å². The fraction of sp³-hybridized carbons (Fsp3) is 0.333. The van der Waals surface area contributed by atoms with Gasteiger partial charge in [-0.3, -0.25) is 4.79 Å². The lowest BCUT2D eigenvalue weighted by Gasteiger charge is -2.10. The molecule has 2 aromatic rings. The number of nitrogens with one attached hydrogen (secondary N) is 1. The van der Waals surface area contributed by atoms with Gasteiger partial charge >= 0.3 is 0 Å². The Morgan fingerprint density at radius 2 is 1.78 bits per heavy atom. The molecule has 1 heterocycles. The molecule has 1 amide bonds. The maximum absolute atomic E-state index is 12.0. The molecule has 1 saturated heterocycles. The van der Waals surface area contributed by atoms with Crippen molar-refractivity contribution in [3.63, 3.8) is 0 Å². The van der Waals surface area contributed by atoms with Gasteiger partial charge in [-0.05, 0) is 49.6 Å². The molecule has 0 radical (unpaired) electrons. The summed E-state index contributed by atoms with van der Waals surface area (Å²) in [5.74, 6) is 2.82. The Kier molecular flexibility index (Phi) is 6.85. The number of aryl methyl sites for hydroxylation is 3. The van der Waals surface area contributed by atoms with E-state index in [1.54, 1.807) is 6.21 Å². The van der Waals surface area contributed by atoms with Crippen LogP contribution in [0.1, 0.15) is 32.4 Å². The molecule has 3 rings (SSSR count). The van der Waals surface area contributed by atoms with Gasteiger partial charge in [0.25, 0.3) is 5.91 Å². The van der Waals surface area contributed by atoms with Crippen LogP contribution in [0.4, 0.5) is 0 Å². The molecular weight excluding hydrogens is 376 g/mol. The number of hydrogen-bond donors (Lipinski definition) is 1. The summed E-state index contributed by atoms with van der Waals surface area (Å²) >= 11 is 3.94. The number of nitrogens with zero attached hydrogens (tertiary/aromatic N) is 1. The molecule has 6 heteroatoms. The minimum absolute atomic E-state index is 0.0600. The van der Waals surface area contributed by atoms with Crippen LogP contribution in [0.3, 0.4) is 0 Å². The lowest BCUT2D eigenvalue weighted by Crippen LogP contribution is -2.24. The molecule has 0 aromatic heterocycles. The summed E-state index contributed by atoms with van der Waals surface area (Å²) in [6.45, 7) is 6.09. The van der Waals surface area contributed by atoms with Crippen LogP contribution in [0, 0.1) is 20.8 Å². The number of thioether (sulfide) groups is 2. The molecule has 1 fully saturated rings. The molecule has 2 aromatic carbocycles. The van der Waals surface area contributed by atoms with Crippen LogP contribution in [0.5, 0.6) is 5.75 Å². The van der Waals surface area contributed by atoms with E-state index >= 15 is 0 Å². The Morgan fingerprint density at radius 3 is 2.41 bits per heavy atom. The molecule has 1 aliphatic rings. The number of benzene rings is 2. The third kappa shape index (κ3) is 5.53. The van der Waals surface area contributed by atoms with E-state index in [1.165, 1.54) is 22.6 Å². The Hall–Kier alpha value is -1.92. The van der Waals surface area contributed by atoms with Crippen molar-refractivity contribution < 1.29 is 9.53 Å². The van der Waals surface area contributed by atoms with Crippen molar-refractivity contribution in [3.05, 3.63) is 64.2 Å². The highest BCUT2D eigenvalue weighted by Crippen LogP contribution is 2.45. The summed E-state index contributed by atoms with van der Waals surface area (Å²) in [6.07, 6.45) is 1.69. The van der Waals surface area contributed by atoms with Gasteiger partial charge in [0.05, 0.1) is 10.8 Å². The van der Waals surface area contributed by atoms with Gasteiger partial charge in [0.15, 0.2) is 6.61 Å². The summed E-state index contributed by atoms with van der Waals surface area (Å²) in [4.78, 5) is 12.0. The smallest absolute Gasteiger partial charge is 0.277 e. The minimum atomic E-state index is -0.278. The summed E-state index contributed by atoms with van der Waals surface area (Å²) in [5.41, 5.74) is 8.35. The fourth-order valence-corrected chi connectivity index (χ4v) is 5.88. The lowest BCUT2D eigenvalue weighted by molar-refractivity contribution is -0.123. The molecule has 0 spiro atoms. The molecular formula is C21H24N2O2S2. The SMILES string of the molecule is Cc1cc(C)c(/C=N\NC(=O)COc2ccc(C3SCCS3)cc2)c(C)c1. The Labute approximate surface area is 169 Å². The highest BCUT2D eigenvalue weighted by molar-refractivity contribution is 8.19. The summed E-state index contributed by atoms with van der Waals surface area (Å²) in [5, 5.41) is 4.06. The van der Waals surface area contributed by atoms with Crippen LogP contribution in [-0.2, 0) is 4.79 Å². The second-order valence-electron chi connectivity index (χ2n) is 6.54. The monoisotopic (exact) mass is 400 g/mol. The van der Waals surface area contributed by atoms with Gasteiger partial charge in [0.1, 0.15) is 5.75 Å². The highest BCUT2D eigenvalue weighted by Gasteiger charge is 2.17. The van der Waals surface area contributed by atoms with Crippen molar-refractivity contribution in [2.75, 3.05) is 18.1 Å². The standard InChI is InChI=1S/C21H24N2O2S2/c1-14-10-15(2)19(16(3)11-14)12-22-23-20(24)13-25-18-6-4-17(5-7-18)21-26-8-9-27-21/h4-7,10-12,21H,8-9,13H2,1-3H3,(H,23,24)/b22-12-. The maximum Gasteiger partial charge on any atom is 0.277 e. The molecule has 27 heavy (non-hydrogen) atoms. The number of carbonyl (C=O) groups is 1. The second kappa shape index (κ2) is 9.33. The van der Waals surface area contributed by atoms with E-state index in [0.717, 1.165) is 16.7 Å². The molecule has 4 nitrogen and oxygen atoms in total. The van der Waals surface area contributed by atoms with E-state index in [1.807, 2.05) is 49.5 Å². The number of hydrazone groups is 1. The van der Waals surface area contributed by atoms with Gasteiger partial charge in [-0.1, -0.05) is 29.8 Å². The Morgan fingerprint density at radius 1 is 1.15 bits per heavy atom. The molecule has 0 atom stereocenters. The molecule has 1 aliphatic heterocycles. The van der Waals surface area contributed by atoms with Crippen LogP contribution in [0.2, 0.25) is 0 Å². The Bertz CT molecular complexity index is 806. The number of rotatable bonds is 6. The predicted octanol–water partition coefficient (Wildman–Crippen LogP) is 4.62. The minimum Gasteiger partial charge on any atom is -0.484 e. The lowest BCUT2D eigenvalue weighted by atomic mass is 10.0. The van der Waals surface area contributed by atoms with Gasteiger partial charge < -0.3 is 4.74 Å². The van der Waals surface area contributed by atoms with E-state index in [2.05, 4.69) is 41.7 Å². The molecule has 142 valence electrons. The number of carbonyl (C=O) groups excluding carboxylic acids is 1. The van der Waals surface area contributed by atoms with Gasteiger partial charge in [-0.25, -0.2) is 5.43 Å². The third-order valence-corrected chi connectivity index (χ3v) is 7.37. The zero-order chi connectivity index (χ0) is 19.2. The fourth-order valence-electron chi connectivity index (χ4n) is 3.02. The second-order valence-corrected chi connectivity index (χ2v) is 9.26. The van der Waals surface area contributed by atoms with Crippen molar-refractivity contribution >= 4 is 35.6 Å². The summed E-state index contributed by atoms with van der Waals surface area (Å²) in [7, 11) is 0. The molecule has 1 N–H and O–H groups in total. The summed E-state index contributed by atoms with van der Waals surface area (Å²) in [6, 6.07) is 12.2. The van der Waals surface area contributed by atoms with Crippen molar-refractivity contribution in [2.45, 2.75) is 25.4 Å². The highest BCUT2D eigenvalue weighted by atomic mass is 32.2. The average Bonchev–Trinajstić information content (AvgIpc) is 3.17. The van der Waals surface area contributed by atoms with E-state index in [4.69, 9.17) is 4.74 Å². The van der Waals surface area contributed by atoms with E-state index in [-0.39, 0.29) is 12.5 Å². The van der Waals surface area contributed by atoms with Crippen molar-refractivity contribution in [1.82, 2.24) is 5.43 Å². The van der Waals surface area contributed by atoms with Crippen molar-refractivity contribution in [2.24, 2.45) is 5.10 Å². The molecule has 0 aliphatic carbocycles. The average molecular weight is 401 g/mol. The van der Waals surface area contributed by atoms with Gasteiger partial charge in [0, 0.05) is 17.1 Å². The van der Waals surface area contributed by atoms with Crippen LogP contribution in [0.15, 0.2) is 41.5 Å². The molecule has 0 unspecified atom stereocenters. The van der Waals surface area contributed by atoms with Crippen molar-refractivity contribution in [3.8, 4) is 5.75 Å². The maximum atomic E-state index is 12.0. The van der Waals surface area contributed by atoms with E-state index < -0.39 is 0 Å². The Balaban J connectivity index is 1.48. The molecule has 0 bridgehead atoms. The third-order valence-electron chi connectivity index (χ3n) is 4.26. The quantitative estimate of drug-likeness (QED) is 0.568. The van der Waals surface area contributed by atoms with Crippen LogP contribution < -0.4 is 10.2 Å². The van der Waals surface area contributed by atoms with Crippen LogP contribution in [-0.4, -0.2) is 30.2 Å². The predicted molar refractivity (Wildman–Crippen MR) is 116 cm³/mol. The first-order valence-electron chi connectivity index (χ1n) is 8.88. The first-order chi connectivity index (χ1) is 13.0. The zero-order valence-electron chi connectivity index (χ0n) is 15.8. The number of hydrogen-bond acceptors (Lipinski definition) is 5. The zero-order valence-corrected chi connectivity index (χ0v) is 17.5.